The number of hydrogen-bond acceptors (Lipinski definition) is 5. The number of piperidine rings is 1. The van der Waals surface area contributed by atoms with Crippen molar-refractivity contribution in [1.29, 1.82) is 5.26 Å². The molecular weight excluding hydrogens is 402 g/mol. The number of sulfonamides is 1. The van der Waals surface area contributed by atoms with Crippen molar-refractivity contribution in [3.05, 3.63) is 59.7 Å². The largest absolute Gasteiger partial charge is 0.481 e. The minimum atomic E-state index is -3.52. The number of rotatable bonds is 6. The molecule has 3 rings (SSSR count). The summed E-state index contributed by atoms with van der Waals surface area (Å²) in [5, 5.41) is 11.8. The summed E-state index contributed by atoms with van der Waals surface area (Å²) in [5.41, 5.74) is 1.53. The molecule has 0 unspecified atom stereocenters. The van der Waals surface area contributed by atoms with Gasteiger partial charge in [0.1, 0.15) is 5.75 Å². The Balaban J connectivity index is 1.51. The summed E-state index contributed by atoms with van der Waals surface area (Å²) in [6.45, 7) is 4.28. The second-order valence-corrected chi connectivity index (χ2v) is 9.33. The topological polar surface area (TPSA) is 99.5 Å². The Morgan fingerprint density at radius 1 is 1.13 bits per heavy atom. The lowest BCUT2D eigenvalue weighted by molar-refractivity contribution is -0.128. The molecule has 1 heterocycles. The van der Waals surface area contributed by atoms with Crippen LogP contribution in [0.5, 0.6) is 5.75 Å². The van der Waals surface area contributed by atoms with Crippen LogP contribution in [-0.4, -0.2) is 43.9 Å². The van der Waals surface area contributed by atoms with E-state index in [1.807, 2.05) is 13.0 Å². The van der Waals surface area contributed by atoms with Crippen molar-refractivity contribution in [3.63, 3.8) is 0 Å². The average Bonchev–Trinajstić information content (AvgIpc) is 2.75. The maximum Gasteiger partial charge on any atom is 0.260 e. The molecule has 1 aliphatic rings. The van der Waals surface area contributed by atoms with Crippen molar-refractivity contribution < 1.29 is 17.9 Å². The molecule has 1 amide bonds. The fraction of sp³-hybridized carbons (Fsp3) is 0.364. The number of nitriles is 1. The fourth-order valence-corrected chi connectivity index (χ4v) is 4.75. The molecule has 0 saturated carbocycles. The van der Waals surface area contributed by atoms with Crippen molar-refractivity contribution in [1.82, 2.24) is 9.62 Å². The molecule has 0 radical (unpaired) electrons. The Bertz CT molecular complexity index is 1020. The van der Waals surface area contributed by atoms with Crippen LogP contribution in [0.3, 0.4) is 0 Å². The molecule has 8 heteroatoms. The first-order chi connectivity index (χ1) is 14.3. The molecule has 2 aromatic carbocycles. The van der Waals surface area contributed by atoms with Crippen LogP contribution in [-0.2, 0) is 14.8 Å². The number of carbonyl (C=O) groups excluding carboxylic acids is 1. The van der Waals surface area contributed by atoms with Crippen LogP contribution in [0.2, 0.25) is 0 Å². The van der Waals surface area contributed by atoms with E-state index in [2.05, 4.69) is 5.32 Å². The summed E-state index contributed by atoms with van der Waals surface area (Å²) in [6, 6.07) is 15.3. The number of ether oxygens (including phenoxy) is 1. The lowest BCUT2D eigenvalue weighted by atomic mass is 10.1. The van der Waals surface area contributed by atoms with E-state index in [4.69, 9.17) is 10.00 Å². The van der Waals surface area contributed by atoms with Crippen molar-refractivity contribution in [2.45, 2.75) is 43.7 Å². The summed E-state index contributed by atoms with van der Waals surface area (Å²) in [7, 11) is -3.52. The van der Waals surface area contributed by atoms with Gasteiger partial charge in [-0.2, -0.15) is 9.57 Å². The molecule has 0 aliphatic carbocycles. The third-order valence-electron chi connectivity index (χ3n) is 5.12. The first-order valence-electron chi connectivity index (χ1n) is 9.83. The van der Waals surface area contributed by atoms with Crippen molar-refractivity contribution >= 4 is 15.9 Å². The molecule has 0 aromatic heterocycles. The summed E-state index contributed by atoms with van der Waals surface area (Å²) in [4.78, 5) is 12.7. The van der Waals surface area contributed by atoms with Crippen LogP contribution >= 0.6 is 0 Å². The Hall–Kier alpha value is -2.89. The molecule has 1 aliphatic heterocycles. The molecule has 1 N–H and O–H groups in total. The van der Waals surface area contributed by atoms with Crippen LogP contribution < -0.4 is 10.1 Å². The predicted octanol–water partition coefficient (Wildman–Crippen LogP) is 2.60. The first-order valence-corrected chi connectivity index (χ1v) is 11.3. The number of aryl methyl sites for hydroxylation is 1. The standard InChI is InChI=1S/C22H25N3O4S/c1-16-3-9-21(10-4-16)30(27,28)25-13-11-19(12-14-25)24-22(26)17(2)29-20-7-5-18(15-23)6-8-20/h3-10,17,19H,11-14H2,1-2H3,(H,24,26)/t17-/m1/s1. The van der Waals surface area contributed by atoms with Gasteiger partial charge >= 0.3 is 0 Å². The fourth-order valence-electron chi connectivity index (χ4n) is 3.28. The Kier molecular flexibility index (Phi) is 6.75. The average molecular weight is 428 g/mol. The zero-order chi connectivity index (χ0) is 21.7. The molecule has 0 bridgehead atoms. The van der Waals surface area contributed by atoms with Gasteiger partial charge in [0.15, 0.2) is 6.10 Å². The van der Waals surface area contributed by atoms with Crippen molar-refractivity contribution in [2.24, 2.45) is 0 Å². The molecular formula is C22H25N3O4S. The van der Waals surface area contributed by atoms with Gasteiger partial charge in [0.2, 0.25) is 10.0 Å². The lowest BCUT2D eigenvalue weighted by Gasteiger charge is -2.32. The van der Waals surface area contributed by atoms with E-state index in [0.29, 0.717) is 42.1 Å². The highest BCUT2D eigenvalue weighted by Gasteiger charge is 2.30. The third-order valence-corrected chi connectivity index (χ3v) is 7.04. The van der Waals surface area contributed by atoms with E-state index in [1.54, 1.807) is 55.5 Å². The van der Waals surface area contributed by atoms with Gasteiger partial charge in [0.25, 0.3) is 5.91 Å². The van der Waals surface area contributed by atoms with Crippen molar-refractivity contribution in [2.75, 3.05) is 13.1 Å². The number of hydrogen-bond donors (Lipinski definition) is 1. The number of nitrogens with zero attached hydrogens (tertiary/aromatic N) is 2. The molecule has 30 heavy (non-hydrogen) atoms. The van der Waals surface area contributed by atoms with Crippen LogP contribution in [0.4, 0.5) is 0 Å². The van der Waals surface area contributed by atoms with Crippen LogP contribution in [0.15, 0.2) is 53.4 Å². The minimum Gasteiger partial charge on any atom is -0.481 e. The Morgan fingerprint density at radius 2 is 1.73 bits per heavy atom. The Morgan fingerprint density at radius 3 is 2.30 bits per heavy atom. The van der Waals surface area contributed by atoms with Gasteiger partial charge in [0, 0.05) is 19.1 Å². The van der Waals surface area contributed by atoms with Crippen LogP contribution in [0, 0.1) is 18.3 Å². The highest BCUT2D eigenvalue weighted by Crippen LogP contribution is 2.21. The van der Waals surface area contributed by atoms with Gasteiger partial charge in [-0.25, -0.2) is 8.42 Å². The second-order valence-electron chi connectivity index (χ2n) is 7.40. The lowest BCUT2D eigenvalue weighted by Crippen LogP contribution is -2.49. The molecule has 7 nitrogen and oxygen atoms in total. The van der Waals surface area contributed by atoms with E-state index in [-0.39, 0.29) is 11.9 Å². The maximum absolute atomic E-state index is 12.8. The highest BCUT2D eigenvalue weighted by atomic mass is 32.2. The number of amides is 1. The Labute approximate surface area is 177 Å². The van der Waals surface area contributed by atoms with E-state index in [0.717, 1.165) is 5.56 Å². The SMILES string of the molecule is Cc1ccc(S(=O)(=O)N2CCC(NC(=O)[C@@H](C)Oc3ccc(C#N)cc3)CC2)cc1. The third kappa shape index (κ3) is 5.17. The first kappa shape index (κ1) is 21.8. The van der Waals surface area contributed by atoms with Gasteiger partial charge in [0.05, 0.1) is 16.5 Å². The maximum atomic E-state index is 12.8. The smallest absolute Gasteiger partial charge is 0.260 e. The zero-order valence-electron chi connectivity index (χ0n) is 17.0. The highest BCUT2D eigenvalue weighted by molar-refractivity contribution is 7.89. The van der Waals surface area contributed by atoms with Crippen molar-refractivity contribution in [3.8, 4) is 11.8 Å². The number of nitrogens with one attached hydrogen (secondary N) is 1. The summed E-state index contributed by atoms with van der Waals surface area (Å²) >= 11 is 0. The quantitative estimate of drug-likeness (QED) is 0.764. The van der Waals surface area contributed by atoms with Gasteiger partial charge < -0.3 is 10.1 Å². The molecule has 1 saturated heterocycles. The molecule has 2 aromatic rings. The minimum absolute atomic E-state index is 0.103. The van der Waals surface area contributed by atoms with Gasteiger partial charge in [-0.3, -0.25) is 4.79 Å². The van der Waals surface area contributed by atoms with Crippen LogP contribution in [0.1, 0.15) is 30.9 Å². The zero-order valence-corrected chi connectivity index (χ0v) is 17.9. The predicted molar refractivity (Wildman–Crippen MR) is 112 cm³/mol. The molecule has 1 atom stereocenters. The summed E-state index contributed by atoms with van der Waals surface area (Å²) < 4.78 is 32.7. The number of carbonyl (C=O) groups is 1. The van der Waals surface area contributed by atoms with E-state index >= 15 is 0 Å². The van der Waals surface area contributed by atoms with E-state index in [9.17, 15) is 13.2 Å². The number of benzene rings is 2. The van der Waals surface area contributed by atoms with E-state index in [1.165, 1.54) is 4.31 Å². The molecule has 158 valence electrons. The van der Waals surface area contributed by atoms with Crippen LogP contribution in [0.25, 0.3) is 0 Å². The normalized spacial score (nSPS) is 16.4. The summed E-state index contributed by atoms with van der Waals surface area (Å²) in [5.74, 6) is 0.259. The van der Waals surface area contributed by atoms with Gasteiger partial charge in [-0.05, 0) is 63.1 Å². The van der Waals surface area contributed by atoms with Gasteiger partial charge in [-0.15, -0.1) is 0 Å². The monoisotopic (exact) mass is 427 g/mol. The molecule has 0 spiro atoms. The molecule has 1 fully saturated rings. The second kappa shape index (κ2) is 9.28. The van der Waals surface area contributed by atoms with E-state index < -0.39 is 16.1 Å². The summed E-state index contributed by atoms with van der Waals surface area (Å²) in [6.07, 6.45) is 0.383. The van der Waals surface area contributed by atoms with Gasteiger partial charge in [-0.1, -0.05) is 17.7 Å².